The van der Waals surface area contributed by atoms with Gasteiger partial charge in [0.25, 0.3) is 0 Å². The number of para-hydroxylation sites is 1. The van der Waals surface area contributed by atoms with Gasteiger partial charge < -0.3 is 10.6 Å². The van der Waals surface area contributed by atoms with Gasteiger partial charge >= 0.3 is 0 Å². The largest absolute Gasteiger partial charge is 0.325 e. The predicted molar refractivity (Wildman–Crippen MR) is 103 cm³/mol. The van der Waals surface area contributed by atoms with E-state index in [0.717, 1.165) is 39.9 Å². The van der Waals surface area contributed by atoms with E-state index in [1.54, 1.807) is 6.20 Å². The molecule has 3 rings (SSSR count). The van der Waals surface area contributed by atoms with Gasteiger partial charge in [0.1, 0.15) is 5.82 Å². The number of carbonyl (C=O) groups is 1. The molecule has 0 saturated carbocycles. The Morgan fingerprint density at radius 3 is 2.88 bits per heavy atom. The number of benzene rings is 1. The smallest absolute Gasteiger partial charge is 0.230 e. The molecule has 0 aliphatic carbocycles. The highest BCUT2D eigenvalue weighted by Gasteiger charge is 2.10. The molecule has 0 spiro atoms. The molecule has 5 nitrogen and oxygen atoms in total. The van der Waals surface area contributed by atoms with Crippen LogP contribution in [0.2, 0.25) is 0 Å². The zero-order valence-electron chi connectivity index (χ0n) is 14.2. The van der Waals surface area contributed by atoms with E-state index in [0.29, 0.717) is 0 Å². The molecule has 3 aromatic rings. The summed E-state index contributed by atoms with van der Waals surface area (Å²) in [4.78, 5) is 21.0. The molecule has 0 unspecified atom stereocenters. The first-order chi connectivity index (χ1) is 12.1. The number of aromatic nitrogens is 2. The highest BCUT2D eigenvalue weighted by molar-refractivity contribution is 7.13. The van der Waals surface area contributed by atoms with Crippen molar-refractivity contribution in [3.63, 3.8) is 0 Å². The van der Waals surface area contributed by atoms with Crippen LogP contribution >= 0.6 is 11.3 Å². The Morgan fingerprint density at radius 2 is 2.08 bits per heavy atom. The summed E-state index contributed by atoms with van der Waals surface area (Å²) in [7, 11) is 0. The molecule has 2 heterocycles. The molecule has 128 valence electrons. The number of amides is 1. The Hall–Kier alpha value is -2.73. The van der Waals surface area contributed by atoms with Crippen LogP contribution in [0.4, 0.5) is 16.6 Å². The van der Waals surface area contributed by atoms with E-state index in [1.807, 2.05) is 48.7 Å². The second-order valence-electron chi connectivity index (χ2n) is 5.72. The summed E-state index contributed by atoms with van der Waals surface area (Å²) < 4.78 is 0. The SMILES string of the molecule is CCc1ccccc1NC(=O)Cc1csc(Nc2cc(C)ccn2)n1. The van der Waals surface area contributed by atoms with E-state index in [2.05, 4.69) is 27.5 Å². The minimum Gasteiger partial charge on any atom is -0.325 e. The Bertz CT molecular complexity index is 875. The van der Waals surface area contributed by atoms with Crippen molar-refractivity contribution in [3.05, 3.63) is 64.8 Å². The first-order valence-corrected chi connectivity index (χ1v) is 9.04. The van der Waals surface area contributed by atoms with Crippen LogP contribution in [0.25, 0.3) is 0 Å². The van der Waals surface area contributed by atoms with Gasteiger partial charge in [-0.1, -0.05) is 25.1 Å². The number of thiazole rings is 1. The van der Waals surface area contributed by atoms with Gasteiger partial charge in [-0.3, -0.25) is 4.79 Å². The second kappa shape index (κ2) is 7.90. The molecule has 0 atom stereocenters. The molecule has 0 fully saturated rings. The standard InChI is InChI=1S/C19H20N4OS/c1-3-14-6-4-5-7-16(14)22-18(24)11-15-12-25-19(21-15)23-17-10-13(2)8-9-20-17/h4-10,12H,3,11H2,1-2H3,(H,22,24)(H,20,21,23). The van der Waals surface area contributed by atoms with Crippen LogP contribution < -0.4 is 10.6 Å². The van der Waals surface area contributed by atoms with Gasteiger partial charge in [0.2, 0.25) is 5.91 Å². The highest BCUT2D eigenvalue weighted by Crippen LogP contribution is 2.21. The van der Waals surface area contributed by atoms with Crippen molar-refractivity contribution in [3.8, 4) is 0 Å². The molecular weight excluding hydrogens is 332 g/mol. The molecule has 6 heteroatoms. The highest BCUT2D eigenvalue weighted by atomic mass is 32.1. The maximum Gasteiger partial charge on any atom is 0.230 e. The Balaban J connectivity index is 1.62. The van der Waals surface area contributed by atoms with Gasteiger partial charge in [0.15, 0.2) is 5.13 Å². The van der Waals surface area contributed by atoms with Crippen LogP contribution in [0.5, 0.6) is 0 Å². The van der Waals surface area contributed by atoms with Gasteiger partial charge in [-0.15, -0.1) is 11.3 Å². The normalized spacial score (nSPS) is 10.5. The third-order valence-electron chi connectivity index (χ3n) is 3.72. The average molecular weight is 352 g/mol. The Morgan fingerprint density at radius 1 is 1.24 bits per heavy atom. The van der Waals surface area contributed by atoms with E-state index < -0.39 is 0 Å². The van der Waals surface area contributed by atoms with Crippen molar-refractivity contribution in [1.29, 1.82) is 0 Å². The number of aryl methyl sites for hydroxylation is 2. The minimum atomic E-state index is -0.0635. The third kappa shape index (κ3) is 4.64. The summed E-state index contributed by atoms with van der Waals surface area (Å²) in [6, 6.07) is 11.7. The van der Waals surface area contributed by atoms with Crippen LogP contribution in [0.1, 0.15) is 23.7 Å². The number of anilines is 3. The van der Waals surface area contributed by atoms with Crippen LogP contribution in [0.15, 0.2) is 48.0 Å². The van der Waals surface area contributed by atoms with Crippen molar-refractivity contribution in [1.82, 2.24) is 9.97 Å². The van der Waals surface area contributed by atoms with Crippen LogP contribution in [0.3, 0.4) is 0 Å². The molecule has 2 N–H and O–H groups in total. The Kier molecular flexibility index (Phi) is 5.40. The quantitative estimate of drug-likeness (QED) is 0.693. The number of nitrogens with zero attached hydrogens (tertiary/aromatic N) is 2. The van der Waals surface area contributed by atoms with Gasteiger partial charge in [0.05, 0.1) is 12.1 Å². The van der Waals surface area contributed by atoms with E-state index in [9.17, 15) is 4.79 Å². The lowest BCUT2D eigenvalue weighted by molar-refractivity contribution is -0.115. The molecule has 1 aromatic carbocycles. The number of nitrogens with one attached hydrogen (secondary N) is 2. The lowest BCUT2D eigenvalue weighted by Crippen LogP contribution is -2.15. The van der Waals surface area contributed by atoms with E-state index in [1.165, 1.54) is 11.3 Å². The van der Waals surface area contributed by atoms with Gasteiger partial charge in [-0.2, -0.15) is 0 Å². The molecule has 0 saturated heterocycles. The summed E-state index contributed by atoms with van der Waals surface area (Å²) in [6.45, 7) is 4.08. The third-order valence-corrected chi connectivity index (χ3v) is 4.52. The fourth-order valence-electron chi connectivity index (χ4n) is 2.47. The van der Waals surface area contributed by atoms with Crippen LogP contribution in [-0.4, -0.2) is 15.9 Å². The van der Waals surface area contributed by atoms with Gasteiger partial charge in [-0.05, 0) is 42.7 Å². The Labute approximate surface area is 151 Å². The molecule has 0 aliphatic rings. The topological polar surface area (TPSA) is 66.9 Å². The number of hydrogen-bond donors (Lipinski definition) is 2. The lowest BCUT2D eigenvalue weighted by Gasteiger charge is -2.08. The molecule has 0 bridgehead atoms. The van der Waals surface area contributed by atoms with E-state index in [-0.39, 0.29) is 12.3 Å². The second-order valence-corrected chi connectivity index (χ2v) is 6.58. The monoisotopic (exact) mass is 352 g/mol. The number of hydrogen-bond acceptors (Lipinski definition) is 5. The summed E-state index contributed by atoms with van der Waals surface area (Å²) >= 11 is 1.46. The van der Waals surface area contributed by atoms with Crippen LogP contribution in [0, 0.1) is 6.92 Å². The zero-order chi connectivity index (χ0) is 17.6. The van der Waals surface area contributed by atoms with Crippen molar-refractivity contribution in [2.45, 2.75) is 26.7 Å². The van der Waals surface area contributed by atoms with Crippen LogP contribution in [-0.2, 0) is 17.6 Å². The van der Waals surface area contributed by atoms with Crippen molar-refractivity contribution in [2.24, 2.45) is 0 Å². The fraction of sp³-hybridized carbons (Fsp3) is 0.211. The van der Waals surface area contributed by atoms with Gasteiger partial charge in [0, 0.05) is 17.3 Å². The molecule has 0 aliphatic heterocycles. The molecular formula is C19H20N4OS. The number of carbonyl (C=O) groups excluding carboxylic acids is 1. The van der Waals surface area contributed by atoms with Crippen molar-refractivity contribution < 1.29 is 4.79 Å². The summed E-state index contributed by atoms with van der Waals surface area (Å²) in [5.74, 6) is 0.689. The zero-order valence-corrected chi connectivity index (χ0v) is 15.1. The minimum absolute atomic E-state index is 0.0635. The number of pyridine rings is 1. The van der Waals surface area contributed by atoms with Crippen molar-refractivity contribution >= 4 is 33.9 Å². The first-order valence-electron chi connectivity index (χ1n) is 8.16. The molecule has 25 heavy (non-hydrogen) atoms. The summed E-state index contributed by atoms with van der Waals surface area (Å²) in [6.07, 6.45) is 2.88. The van der Waals surface area contributed by atoms with E-state index >= 15 is 0 Å². The average Bonchev–Trinajstić information content (AvgIpc) is 3.02. The van der Waals surface area contributed by atoms with E-state index in [4.69, 9.17) is 0 Å². The first kappa shape index (κ1) is 17.1. The molecule has 2 aromatic heterocycles. The summed E-state index contributed by atoms with van der Waals surface area (Å²) in [5.41, 5.74) is 3.87. The van der Waals surface area contributed by atoms with Crippen molar-refractivity contribution in [2.75, 3.05) is 10.6 Å². The maximum atomic E-state index is 12.3. The molecule has 1 amide bonds. The molecule has 0 radical (unpaired) electrons. The van der Waals surface area contributed by atoms with Gasteiger partial charge in [-0.25, -0.2) is 9.97 Å². The fourth-order valence-corrected chi connectivity index (χ4v) is 3.19. The lowest BCUT2D eigenvalue weighted by atomic mass is 10.1. The summed E-state index contributed by atoms with van der Waals surface area (Å²) in [5, 5.41) is 8.76. The predicted octanol–water partition coefficient (Wildman–Crippen LogP) is 4.33. The number of rotatable bonds is 6. The maximum absolute atomic E-state index is 12.3.